The van der Waals surface area contributed by atoms with E-state index in [2.05, 4.69) is 11.1 Å². The summed E-state index contributed by atoms with van der Waals surface area (Å²) in [5, 5.41) is 0. The maximum Gasteiger partial charge on any atom is 0.204 e. The van der Waals surface area contributed by atoms with E-state index in [0.717, 1.165) is 29.8 Å². The Morgan fingerprint density at radius 3 is 2.50 bits per heavy atom. The average molecular weight is 215 g/mol. The van der Waals surface area contributed by atoms with Crippen LogP contribution in [0.25, 0.3) is 0 Å². The number of carbonyl (C=O) groups is 2. The fourth-order valence-electron chi connectivity index (χ4n) is 2.55. The Morgan fingerprint density at radius 2 is 1.62 bits per heavy atom. The lowest BCUT2D eigenvalue weighted by molar-refractivity contribution is -0.136. The highest BCUT2D eigenvalue weighted by atomic mass is 16.2. The number of fused-ring (bicyclic) bond motifs is 2. The number of Topliss-reactive ketones (excluding diaryl/α,β-unsaturated/α-hetero) is 2. The standard InChI is InChI=1S/C13H13NO2/c15-12-6-9-5-8-3-1-2-4-10(8)14-11(9)7-13(12)16/h5H,1-4,6-7H2. The lowest BCUT2D eigenvalue weighted by atomic mass is 9.88. The minimum Gasteiger partial charge on any atom is -0.291 e. The first-order valence-electron chi connectivity index (χ1n) is 5.80. The van der Waals surface area contributed by atoms with Gasteiger partial charge in [-0.15, -0.1) is 0 Å². The molecular formula is C13H13NO2. The zero-order chi connectivity index (χ0) is 11.1. The van der Waals surface area contributed by atoms with Gasteiger partial charge in [-0.1, -0.05) is 6.07 Å². The van der Waals surface area contributed by atoms with Gasteiger partial charge in [-0.05, 0) is 36.8 Å². The molecule has 1 heterocycles. The molecule has 1 aromatic rings. The van der Waals surface area contributed by atoms with E-state index in [1.54, 1.807) is 0 Å². The van der Waals surface area contributed by atoms with Crippen molar-refractivity contribution < 1.29 is 9.59 Å². The second-order valence-corrected chi connectivity index (χ2v) is 4.61. The van der Waals surface area contributed by atoms with Crippen molar-refractivity contribution in [1.82, 2.24) is 4.98 Å². The molecule has 0 radical (unpaired) electrons. The number of aromatic nitrogens is 1. The van der Waals surface area contributed by atoms with Gasteiger partial charge in [0.05, 0.1) is 12.1 Å². The predicted molar refractivity (Wildman–Crippen MR) is 58.3 cm³/mol. The van der Waals surface area contributed by atoms with Crippen LogP contribution in [0.5, 0.6) is 0 Å². The summed E-state index contributed by atoms with van der Waals surface area (Å²) in [6.45, 7) is 0. The SMILES string of the molecule is O=C1Cc2cc3c(nc2CC1=O)CCCC3. The van der Waals surface area contributed by atoms with Gasteiger partial charge < -0.3 is 0 Å². The largest absolute Gasteiger partial charge is 0.291 e. The fraction of sp³-hybridized carbons (Fsp3) is 0.462. The van der Waals surface area contributed by atoms with Gasteiger partial charge >= 0.3 is 0 Å². The number of rotatable bonds is 0. The van der Waals surface area contributed by atoms with E-state index in [1.165, 1.54) is 18.4 Å². The molecule has 0 fully saturated rings. The van der Waals surface area contributed by atoms with Crippen molar-refractivity contribution >= 4 is 11.6 Å². The van der Waals surface area contributed by atoms with Crippen LogP contribution < -0.4 is 0 Å². The van der Waals surface area contributed by atoms with Crippen molar-refractivity contribution in [1.29, 1.82) is 0 Å². The molecule has 16 heavy (non-hydrogen) atoms. The molecule has 0 amide bonds. The molecule has 3 heteroatoms. The van der Waals surface area contributed by atoms with E-state index < -0.39 is 0 Å². The van der Waals surface area contributed by atoms with E-state index >= 15 is 0 Å². The Hall–Kier alpha value is -1.51. The molecule has 2 aliphatic carbocycles. The normalized spacial score (nSPS) is 19.2. The fourth-order valence-corrected chi connectivity index (χ4v) is 2.55. The maximum atomic E-state index is 11.3. The number of ketones is 2. The van der Waals surface area contributed by atoms with Crippen LogP contribution in [0.4, 0.5) is 0 Å². The van der Waals surface area contributed by atoms with Crippen molar-refractivity contribution in [2.75, 3.05) is 0 Å². The summed E-state index contributed by atoms with van der Waals surface area (Å²) in [6.07, 6.45) is 4.95. The van der Waals surface area contributed by atoms with E-state index in [4.69, 9.17) is 0 Å². The Morgan fingerprint density at radius 1 is 0.875 bits per heavy atom. The third-order valence-electron chi connectivity index (χ3n) is 3.46. The second-order valence-electron chi connectivity index (χ2n) is 4.61. The van der Waals surface area contributed by atoms with Gasteiger partial charge in [-0.3, -0.25) is 14.6 Å². The summed E-state index contributed by atoms with van der Waals surface area (Å²) in [7, 11) is 0. The van der Waals surface area contributed by atoms with Crippen molar-refractivity contribution in [2.45, 2.75) is 38.5 Å². The number of pyridine rings is 1. The van der Waals surface area contributed by atoms with Gasteiger partial charge in [-0.2, -0.15) is 0 Å². The van der Waals surface area contributed by atoms with Gasteiger partial charge in [0.1, 0.15) is 0 Å². The van der Waals surface area contributed by atoms with Gasteiger partial charge in [0, 0.05) is 12.1 Å². The molecule has 0 aliphatic heterocycles. The maximum absolute atomic E-state index is 11.3. The highest BCUT2D eigenvalue weighted by molar-refractivity contribution is 6.39. The number of aryl methyl sites for hydroxylation is 2. The third kappa shape index (κ3) is 1.47. The molecule has 3 rings (SSSR count). The average Bonchev–Trinajstić information content (AvgIpc) is 2.28. The van der Waals surface area contributed by atoms with Crippen LogP contribution in [0, 0.1) is 0 Å². The van der Waals surface area contributed by atoms with Gasteiger partial charge in [0.2, 0.25) is 11.6 Å². The zero-order valence-corrected chi connectivity index (χ0v) is 9.08. The summed E-state index contributed by atoms with van der Waals surface area (Å²) in [4.78, 5) is 27.2. The van der Waals surface area contributed by atoms with Crippen LogP contribution in [0.1, 0.15) is 35.4 Å². The zero-order valence-electron chi connectivity index (χ0n) is 9.08. The number of hydrogen-bond acceptors (Lipinski definition) is 3. The van der Waals surface area contributed by atoms with Crippen LogP contribution in [-0.4, -0.2) is 16.6 Å². The molecule has 0 saturated heterocycles. The van der Waals surface area contributed by atoms with Crippen molar-refractivity contribution in [3.63, 3.8) is 0 Å². The van der Waals surface area contributed by atoms with Crippen molar-refractivity contribution in [3.8, 4) is 0 Å². The topological polar surface area (TPSA) is 47.0 Å². The smallest absolute Gasteiger partial charge is 0.204 e. The van der Waals surface area contributed by atoms with Crippen LogP contribution in [-0.2, 0) is 35.3 Å². The highest BCUT2D eigenvalue weighted by Crippen LogP contribution is 2.24. The highest BCUT2D eigenvalue weighted by Gasteiger charge is 2.26. The molecule has 0 unspecified atom stereocenters. The molecule has 82 valence electrons. The molecule has 0 saturated carbocycles. The summed E-state index contributed by atoms with van der Waals surface area (Å²) < 4.78 is 0. The van der Waals surface area contributed by atoms with E-state index in [0.29, 0.717) is 0 Å². The summed E-state index contributed by atoms with van der Waals surface area (Å²) in [6, 6.07) is 2.10. The number of nitrogens with zero attached hydrogens (tertiary/aromatic N) is 1. The lowest BCUT2D eigenvalue weighted by Crippen LogP contribution is -2.27. The van der Waals surface area contributed by atoms with E-state index in [1.807, 2.05) is 0 Å². The Bertz CT molecular complexity index is 446. The molecule has 1 aromatic heterocycles. The molecule has 0 N–H and O–H groups in total. The molecule has 3 nitrogen and oxygen atoms in total. The van der Waals surface area contributed by atoms with Crippen LogP contribution in [0.2, 0.25) is 0 Å². The second kappa shape index (κ2) is 3.51. The minimum absolute atomic E-state index is 0.210. The molecular weight excluding hydrogens is 202 g/mol. The molecule has 0 aromatic carbocycles. The number of carbonyl (C=O) groups excluding carboxylic acids is 2. The molecule has 0 spiro atoms. The van der Waals surface area contributed by atoms with Gasteiger partial charge in [-0.25, -0.2) is 0 Å². The first-order valence-corrected chi connectivity index (χ1v) is 5.80. The predicted octanol–water partition coefficient (Wildman–Crippen LogP) is 1.20. The van der Waals surface area contributed by atoms with Crippen LogP contribution >= 0.6 is 0 Å². The van der Waals surface area contributed by atoms with E-state index in [9.17, 15) is 9.59 Å². The summed E-state index contributed by atoms with van der Waals surface area (Å²) in [5.74, 6) is -0.541. The summed E-state index contributed by atoms with van der Waals surface area (Å²) in [5.41, 5.74) is 4.25. The monoisotopic (exact) mass is 215 g/mol. The van der Waals surface area contributed by atoms with E-state index in [-0.39, 0.29) is 24.4 Å². The first kappa shape index (κ1) is 9.70. The van der Waals surface area contributed by atoms with Crippen molar-refractivity contribution in [3.05, 3.63) is 28.6 Å². The molecule has 2 aliphatic rings. The quantitative estimate of drug-likeness (QED) is 0.611. The van der Waals surface area contributed by atoms with Crippen LogP contribution in [0.15, 0.2) is 6.07 Å². The van der Waals surface area contributed by atoms with Crippen molar-refractivity contribution in [2.24, 2.45) is 0 Å². The lowest BCUT2D eigenvalue weighted by Gasteiger charge is -2.20. The molecule has 0 bridgehead atoms. The Balaban J connectivity index is 2.08. The van der Waals surface area contributed by atoms with Crippen LogP contribution in [0.3, 0.4) is 0 Å². The Kier molecular flexibility index (Phi) is 2.13. The minimum atomic E-state index is -0.282. The molecule has 0 atom stereocenters. The number of hydrogen-bond donors (Lipinski definition) is 0. The first-order chi connectivity index (χ1) is 7.74. The van der Waals surface area contributed by atoms with Gasteiger partial charge in [0.25, 0.3) is 0 Å². The third-order valence-corrected chi connectivity index (χ3v) is 3.46. The van der Waals surface area contributed by atoms with Gasteiger partial charge in [0.15, 0.2) is 0 Å². The summed E-state index contributed by atoms with van der Waals surface area (Å²) >= 11 is 0. The Labute approximate surface area is 93.9 Å².